The van der Waals surface area contributed by atoms with Gasteiger partial charge in [-0.15, -0.1) is 0 Å². The average Bonchev–Trinajstić information content (AvgIpc) is 3.08. The number of carbonyl (C=O) groups excluding carboxylic acids is 2. The van der Waals surface area contributed by atoms with Crippen LogP contribution in [0.2, 0.25) is 0 Å². The normalized spacial score (nSPS) is 15.6. The monoisotopic (exact) mass is 461 g/mol. The number of nitrogens with zero attached hydrogens (tertiary/aromatic N) is 2. The lowest BCUT2D eigenvalue weighted by Gasteiger charge is -2.24. The van der Waals surface area contributed by atoms with Crippen LogP contribution in [0.1, 0.15) is 23.6 Å². The van der Waals surface area contributed by atoms with Crippen molar-refractivity contribution in [3.05, 3.63) is 77.1 Å². The molecule has 0 saturated heterocycles. The molecule has 2 amide bonds. The number of hydrogen-bond donors (Lipinski definition) is 2. The smallest absolute Gasteiger partial charge is 0.281 e. The highest BCUT2D eigenvalue weighted by Gasteiger charge is 2.36. The van der Waals surface area contributed by atoms with Crippen molar-refractivity contribution in [1.82, 2.24) is 0 Å². The lowest BCUT2D eigenvalue weighted by molar-refractivity contribution is -0.114. The van der Waals surface area contributed by atoms with E-state index in [0.717, 1.165) is 11.1 Å². The molecule has 8 nitrogen and oxygen atoms in total. The number of hydrogen-bond acceptors (Lipinski definition) is 6. The van der Waals surface area contributed by atoms with Gasteiger partial charge in [-0.1, -0.05) is 23.4 Å². The lowest BCUT2D eigenvalue weighted by Crippen LogP contribution is -2.30. The number of carbonyl (C=O) groups is 2. The molecule has 3 aromatic carbocycles. The van der Waals surface area contributed by atoms with E-state index in [1.54, 1.807) is 18.2 Å². The molecule has 9 heteroatoms. The van der Waals surface area contributed by atoms with Crippen LogP contribution in [0.15, 0.2) is 59.8 Å². The summed E-state index contributed by atoms with van der Waals surface area (Å²) < 4.78 is 25.0. The topological polar surface area (TPSA) is 100 Å². The number of fused-ring (bicyclic) bond motifs is 2. The highest BCUT2D eigenvalue weighted by molar-refractivity contribution is 6.54. The quantitative estimate of drug-likeness (QED) is 0.451. The molecule has 172 valence electrons. The number of oxime groups is 1. The zero-order valence-corrected chi connectivity index (χ0v) is 18.2. The van der Waals surface area contributed by atoms with Gasteiger partial charge in [0.1, 0.15) is 11.6 Å². The van der Waals surface area contributed by atoms with Gasteiger partial charge in [0.15, 0.2) is 12.5 Å². The molecule has 5 rings (SSSR count). The molecule has 3 aromatic rings. The fraction of sp³-hybridized carbons (Fsp3) is 0.160. The van der Waals surface area contributed by atoms with E-state index >= 15 is 0 Å². The molecule has 34 heavy (non-hydrogen) atoms. The van der Waals surface area contributed by atoms with Crippen LogP contribution in [-0.4, -0.2) is 29.5 Å². The molecule has 0 aromatic heterocycles. The maximum atomic E-state index is 14.2. The second-order valence-corrected chi connectivity index (χ2v) is 8.00. The maximum Gasteiger partial charge on any atom is 0.281 e. The summed E-state index contributed by atoms with van der Waals surface area (Å²) in [6.07, 6.45) is 0. The van der Waals surface area contributed by atoms with Gasteiger partial charge in [0.05, 0.1) is 18.8 Å². The maximum absolute atomic E-state index is 14.2. The Labute approximate surface area is 194 Å². The van der Waals surface area contributed by atoms with Crippen molar-refractivity contribution >= 4 is 28.9 Å². The minimum absolute atomic E-state index is 0.0301. The fourth-order valence-corrected chi connectivity index (χ4v) is 4.27. The van der Waals surface area contributed by atoms with E-state index in [9.17, 15) is 19.2 Å². The van der Waals surface area contributed by atoms with Gasteiger partial charge >= 0.3 is 0 Å². The highest BCUT2D eigenvalue weighted by atomic mass is 19.1. The molecule has 0 fully saturated rings. The Morgan fingerprint density at radius 3 is 2.79 bits per heavy atom. The molecular weight excluding hydrogens is 441 g/mol. The van der Waals surface area contributed by atoms with Crippen LogP contribution in [-0.2, 0) is 27.5 Å². The summed E-state index contributed by atoms with van der Waals surface area (Å²) in [5.74, 6) is -0.660. The van der Waals surface area contributed by atoms with Crippen molar-refractivity contribution in [1.29, 1.82) is 0 Å². The van der Waals surface area contributed by atoms with Crippen LogP contribution in [0, 0.1) is 5.82 Å². The number of anilines is 2. The summed E-state index contributed by atoms with van der Waals surface area (Å²) >= 11 is 0. The number of benzene rings is 3. The Morgan fingerprint density at radius 1 is 1.18 bits per heavy atom. The lowest BCUT2D eigenvalue weighted by atomic mass is 10.0. The van der Waals surface area contributed by atoms with Gasteiger partial charge in [0, 0.05) is 29.3 Å². The Balaban J connectivity index is 1.52. The zero-order chi connectivity index (χ0) is 23.8. The van der Waals surface area contributed by atoms with Crippen molar-refractivity contribution in [3.63, 3.8) is 0 Å². The Kier molecular flexibility index (Phi) is 5.46. The van der Waals surface area contributed by atoms with Crippen LogP contribution >= 0.6 is 0 Å². The first kappa shape index (κ1) is 21.6. The van der Waals surface area contributed by atoms with E-state index in [0.29, 0.717) is 33.8 Å². The van der Waals surface area contributed by atoms with Gasteiger partial charge in [0.2, 0.25) is 5.91 Å². The summed E-state index contributed by atoms with van der Waals surface area (Å²) in [6.45, 7) is 1.72. The molecule has 0 bridgehead atoms. The Morgan fingerprint density at radius 2 is 2.00 bits per heavy atom. The van der Waals surface area contributed by atoms with Crippen molar-refractivity contribution in [2.45, 2.75) is 20.1 Å². The SMILES string of the molecule is CC(=O)Nc1cccc(-c2ccc3c(c2)/C(=N/O)C(=O)N3Cc2cc(F)cc3c2OCOC3)c1. The first-order valence-corrected chi connectivity index (χ1v) is 10.5. The van der Waals surface area contributed by atoms with E-state index in [1.165, 1.54) is 24.0 Å². The van der Waals surface area contributed by atoms with Crippen LogP contribution in [0.4, 0.5) is 15.8 Å². The predicted octanol–water partition coefficient (Wildman–Crippen LogP) is 4.04. The molecular formula is C25H20FN3O5. The number of nitrogens with one attached hydrogen (secondary N) is 1. The summed E-state index contributed by atoms with van der Waals surface area (Å²) in [5.41, 5.74) is 4.15. The minimum atomic E-state index is -0.508. The molecule has 0 spiro atoms. The fourth-order valence-electron chi connectivity index (χ4n) is 4.27. The summed E-state index contributed by atoms with van der Waals surface area (Å²) in [6, 6.07) is 15.3. The largest absolute Gasteiger partial charge is 0.467 e. The molecule has 2 aliphatic rings. The second-order valence-electron chi connectivity index (χ2n) is 8.00. The summed E-state index contributed by atoms with van der Waals surface area (Å²) in [5, 5.41) is 15.6. The first-order chi connectivity index (χ1) is 16.4. The van der Waals surface area contributed by atoms with Gasteiger partial charge in [-0.25, -0.2) is 4.39 Å². The first-order valence-electron chi connectivity index (χ1n) is 10.5. The van der Waals surface area contributed by atoms with E-state index in [2.05, 4.69) is 10.5 Å². The highest BCUT2D eigenvalue weighted by Crippen LogP contribution is 2.37. The minimum Gasteiger partial charge on any atom is -0.467 e. The van der Waals surface area contributed by atoms with E-state index in [1.807, 2.05) is 24.3 Å². The van der Waals surface area contributed by atoms with Gasteiger partial charge in [-0.3, -0.25) is 9.59 Å². The third-order valence-corrected chi connectivity index (χ3v) is 5.69. The number of ether oxygens (including phenoxy) is 2. The summed E-state index contributed by atoms with van der Waals surface area (Å²) in [4.78, 5) is 25.9. The van der Waals surface area contributed by atoms with Crippen LogP contribution in [0.3, 0.4) is 0 Å². The molecule has 2 N–H and O–H groups in total. The molecule has 0 saturated carbocycles. The van der Waals surface area contributed by atoms with E-state index < -0.39 is 11.7 Å². The summed E-state index contributed by atoms with van der Waals surface area (Å²) in [7, 11) is 0. The van der Waals surface area contributed by atoms with Crippen molar-refractivity contribution in [2.75, 3.05) is 17.0 Å². The van der Waals surface area contributed by atoms with Crippen molar-refractivity contribution in [2.24, 2.45) is 5.16 Å². The van der Waals surface area contributed by atoms with Gasteiger partial charge in [0.25, 0.3) is 5.91 Å². The second kappa shape index (κ2) is 8.60. The van der Waals surface area contributed by atoms with Crippen molar-refractivity contribution < 1.29 is 28.7 Å². The van der Waals surface area contributed by atoms with Gasteiger partial charge in [-0.2, -0.15) is 0 Å². The van der Waals surface area contributed by atoms with E-state index in [-0.39, 0.29) is 31.6 Å². The van der Waals surface area contributed by atoms with Crippen LogP contribution in [0.25, 0.3) is 11.1 Å². The molecule has 0 radical (unpaired) electrons. The predicted molar refractivity (Wildman–Crippen MR) is 122 cm³/mol. The molecule has 2 heterocycles. The third-order valence-electron chi connectivity index (χ3n) is 5.69. The molecule has 0 unspecified atom stereocenters. The number of rotatable bonds is 4. The third kappa shape index (κ3) is 3.86. The van der Waals surface area contributed by atoms with E-state index in [4.69, 9.17) is 9.47 Å². The zero-order valence-electron chi connectivity index (χ0n) is 18.2. The molecule has 0 atom stereocenters. The average molecular weight is 461 g/mol. The number of halogens is 1. The van der Waals surface area contributed by atoms with Gasteiger partial charge < -0.3 is 24.9 Å². The van der Waals surface area contributed by atoms with Crippen molar-refractivity contribution in [3.8, 4) is 16.9 Å². The van der Waals surface area contributed by atoms with Crippen LogP contribution in [0.5, 0.6) is 5.75 Å². The Hall–Kier alpha value is -4.24. The van der Waals surface area contributed by atoms with Gasteiger partial charge in [-0.05, 0) is 47.5 Å². The molecule has 2 aliphatic heterocycles. The van der Waals surface area contributed by atoms with Crippen LogP contribution < -0.4 is 15.0 Å². The number of amides is 2. The standard InChI is InChI=1S/C25H20FN3O5/c1-14(30)27-20-4-2-3-15(9-20)16-5-6-22-21(10-16)23(28-32)25(31)29(22)11-17-7-19(26)8-18-12-33-13-34-24(17)18/h2-10,32H,11-13H2,1H3,(H,27,30)/b28-23-. The Bertz CT molecular complexity index is 1350. The molecule has 0 aliphatic carbocycles.